The maximum Gasteiger partial charge on any atom is 0.223 e. The van der Waals surface area contributed by atoms with Gasteiger partial charge >= 0.3 is 0 Å². The van der Waals surface area contributed by atoms with Gasteiger partial charge in [0.25, 0.3) is 0 Å². The van der Waals surface area contributed by atoms with Gasteiger partial charge in [0.1, 0.15) is 5.75 Å². The molecule has 0 saturated heterocycles. The van der Waals surface area contributed by atoms with Crippen LogP contribution in [0.4, 0.5) is 0 Å². The minimum absolute atomic E-state index is 0.0102. The highest BCUT2D eigenvalue weighted by atomic mass is 35.5. The van der Waals surface area contributed by atoms with Gasteiger partial charge in [-0.2, -0.15) is 0 Å². The average Bonchev–Trinajstić information content (AvgIpc) is 2.42. The van der Waals surface area contributed by atoms with Gasteiger partial charge < -0.3 is 15.4 Å². The van der Waals surface area contributed by atoms with E-state index in [1.807, 2.05) is 25.1 Å². The lowest BCUT2D eigenvalue weighted by molar-refractivity contribution is -0.121. The molecule has 1 aromatic carbocycles. The van der Waals surface area contributed by atoms with Crippen LogP contribution in [-0.4, -0.2) is 25.6 Å². The fourth-order valence-electron chi connectivity index (χ4n) is 1.72. The lowest BCUT2D eigenvalue weighted by Crippen LogP contribution is -2.24. The normalized spacial score (nSPS) is 10.3. The van der Waals surface area contributed by atoms with Crippen LogP contribution in [0.1, 0.15) is 32.3 Å². The van der Waals surface area contributed by atoms with E-state index in [2.05, 4.69) is 17.6 Å². The predicted molar refractivity (Wildman–Crippen MR) is 82.2 cm³/mol. The summed E-state index contributed by atoms with van der Waals surface area (Å²) in [5, 5.41) is 6.62. The highest BCUT2D eigenvalue weighted by Gasteiger charge is 2.05. The SMILES string of the molecule is CCCNCc1ccc(OCCC(=O)NCC)c(Cl)c1. The molecule has 0 bridgehead atoms. The molecule has 112 valence electrons. The van der Waals surface area contributed by atoms with Gasteiger partial charge in [-0.3, -0.25) is 4.79 Å². The van der Waals surface area contributed by atoms with Crippen LogP contribution >= 0.6 is 11.6 Å². The third kappa shape index (κ3) is 6.26. The number of ether oxygens (including phenoxy) is 1. The van der Waals surface area contributed by atoms with Gasteiger partial charge in [-0.05, 0) is 37.6 Å². The molecule has 0 radical (unpaired) electrons. The Kier molecular flexibility index (Phi) is 8.07. The first-order chi connectivity index (χ1) is 9.67. The van der Waals surface area contributed by atoms with Crippen molar-refractivity contribution in [2.45, 2.75) is 33.2 Å². The molecule has 0 saturated carbocycles. The molecule has 2 N–H and O–H groups in total. The minimum Gasteiger partial charge on any atom is -0.491 e. The number of amides is 1. The molecular weight excluding hydrogens is 276 g/mol. The summed E-state index contributed by atoms with van der Waals surface area (Å²) < 4.78 is 5.52. The summed E-state index contributed by atoms with van der Waals surface area (Å²) in [5.74, 6) is 0.610. The van der Waals surface area contributed by atoms with E-state index in [1.165, 1.54) is 0 Å². The monoisotopic (exact) mass is 298 g/mol. The minimum atomic E-state index is -0.0102. The molecule has 0 spiro atoms. The quantitative estimate of drug-likeness (QED) is 0.689. The van der Waals surface area contributed by atoms with Crippen LogP contribution in [0.5, 0.6) is 5.75 Å². The highest BCUT2D eigenvalue weighted by molar-refractivity contribution is 6.32. The molecule has 1 amide bonds. The van der Waals surface area contributed by atoms with E-state index in [9.17, 15) is 4.79 Å². The molecule has 5 heteroatoms. The molecule has 0 aromatic heterocycles. The molecule has 0 atom stereocenters. The summed E-state index contributed by atoms with van der Waals surface area (Å²) in [5.41, 5.74) is 1.12. The molecule has 0 aliphatic heterocycles. The summed E-state index contributed by atoms with van der Waals surface area (Å²) in [4.78, 5) is 11.3. The number of rotatable bonds is 9. The van der Waals surface area contributed by atoms with E-state index in [-0.39, 0.29) is 5.91 Å². The van der Waals surface area contributed by atoms with Crippen molar-refractivity contribution in [3.63, 3.8) is 0 Å². The molecule has 1 aromatic rings. The number of benzene rings is 1. The Bertz CT molecular complexity index is 424. The Morgan fingerprint density at radius 2 is 2.15 bits per heavy atom. The molecule has 1 rings (SSSR count). The largest absolute Gasteiger partial charge is 0.491 e. The number of halogens is 1. The van der Waals surface area contributed by atoms with Crippen LogP contribution in [0, 0.1) is 0 Å². The lowest BCUT2D eigenvalue weighted by Gasteiger charge is -2.10. The average molecular weight is 299 g/mol. The van der Waals surface area contributed by atoms with Crippen LogP contribution in [-0.2, 0) is 11.3 Å². The predicted octanol–water partition coefficient (Wildman–Crippen LogP) is 2.74. The number of hydrogen-bond acceptors (Lipinski definition) is 3. The molecule has 0 heterocycles. The Morgan fingerprint density at radius 3 is 2.80 bits per heavy atom. The van der Waals surface area contributed by atoms with Gasteiger partial charge in [-0.15, -0.1) is 0 Å². The van der Waals surface area contributed by atoms with E-state index in [1.54, 1.807) is 0 Å². The number of carbonyl (C=O) groups is 1. The Balaban J connectivity index is 2.41. The van der Waals surface area contributed by atoms with E-state index in [0.717, 1.165) is 25.1 Å². The number of carbonyl (C=O) groups excluding carboxylic acids is 1. The maximum atomic E-state index is 11.3. The van der Waals surface area contributed by atoms with Gasteiger partial charge in [0.05, 0.1) is 18.1 Å². The second-order valence-electron chi connectivity index (χ2n) is 4.49. The van der Waals surface area contributed by atoms with Crippen molar-refractivity contribution < 1.29 is 9.53 Å². The van der Waals surface area contributed by atoms with Crippen molar-refractivity contribution in [1.29, 1.82) is 0 Å². The molecule has 20 heavy (non-hydrogen) atoms. The van der Waals surface area contributed by atoms with Crippen molar-refractivity contribution in [1.82, 2.24) is 10.6 Å². The molecule has 0 fully saturated rings. The Morgan fingerprint density at radius 1 is 1.35 bits per heavy atom. The van der Waals surface area contributed by atoms with E-state index in [0.29, 0.717) is 30.3 Å². The Hall–Kier alpha value is -1.26. The molecule has 0 aliphatic carbocycles. The van der Waals surface area contributed by atoms with E-state index in [4.69, 9.17) is 16.3 Å². The first-order valence-electron chi connectivity index (χ1n) is 7.06. The van der Waals surface area contributed by atoms with Crippen LogP contribution in [0.25, 0.3) is 0 Å². The van der Waals surface area contributed by atoms with Crippen LogP contribution in [0.3, 0.4) is 0 Å². The zero-order chi connectivity index (χ0) is 14.8. The fourth-order valence-corrected chi connectivity index (χ4v) is 1.98. The second kappa shape index (κ2) is 9.61. The van der Waals surface area contributed by atoms with Crippen LogP contribution in [0.2, 0.25) is 5.02 Å². The first-order valence-corrected chi connectivity index (χ1v) is 7.43. The van der Waals surface area contributed by atoms with Crippen molar-refractivity contribution in [3.05, 3.63) is 28.8 Å². The molecule has 4 nitrogen and oxygen atoms in total. The van der Waals surface area contributed by atoms with Gasteiger partial charge in [0.2, 0.25) is 5.91 Å². The smallest absolute Gasteiger partial charge is 0.223 e. The third-order valence-electron chi connectivity index (χ3n) is 2.71. The second-order valence-corrected chi connectivity index (χ2v) is 4.90. The fraction of sp³-hybridized carbons (Fsp3) is 0.533. The van der Waals surface area contributed by atoms with Crippen LogP contribution < -0.4 is 15.4 Å². The summed E-state index contributed by atoms with van der Waals surface area (Å²) in [7, 11) is 0. The summed E-state index contributed by atoms with van der Waals surface area (Å²) >= 11 is 6.17. The molecule has 0 aliphatic rings. The Labute approximate surface area is 125 Å². The molecule has 0 unspecified atom stereocenters. The summed E-state index contributed by atoms with van der Waals surface area (Å²) in [6, 6.07) is 5.73. The van der Waals surface area contributed by atoms with Gasteiger partial charge in [0.15, 0.2) is 0 Å². The number of hydrogen-bond donors (Lipinski definition) is 2. The van der Waals surface area contributed by atoms with Crippen molar-refractivity contribution in [3.8, 4) is 5.75 Å². The summed E-state index contributed by atoms with van der Waals surface area (Å²) in [6.07, 6.45) is 1.44. The van der Waals surface area contributed by atoms with Gasteiger partial charge in [0, 0.05) is 13.1 Å². The van der Waals surface area contributed by atoms with Crippen molar-refractivity contribution >= 4 is 17.5 Å². The van der Waals surface area contributed by atoms with Gasteiger partial charge in [-0.1, -0.05) is 24.6 Å². The standard InChI is InChI=1S/C15H23ClN2O2/c1-3-8-17-11-12-5-6-14(13(16)10-12)20-9-7-15(19)18-4-2/h5-6,10,17H,3-4,7-9,11H2,1-2H3,(H,18,19). The topological polar surface area (TPSA) is 50.4 Å². The zero-order valence-electron chi connectivity index (χ0n) is 12.2. The van der Waals surface area contributed by atoms with E-state index >= 15 is 0 Å². The summed E-state index contributed by atoms with van der Waals surface area (Å²) in [6.45, 7) is 6.78. The lowest BCUT2D eigenvalue weighted by atomic mass is 10.2. The third-order valence-corrected chi connectivity index (χ3v) is 3.01. The van der Waals surface area contributed by atoms with E-state index < -0.39 is 0 Å². The van der Waals surface area contributed by atoms with Crippen LogP contribution in [0.15, 0.2) is 18.2 Å². The van der Waals surface area contributed by atoms with Gasteiger partial charge in [-0.25, -0.2) is 0 Å². The van der Waals surface area contributed by atoms with Crippen molar-refractivity contribution in [2.75, 3.05) is 19.7 Å². The zero-order valence-corrected chi connectivity index (χ0v) is 12.9. The highest BCUT2D eigenvalue weighted by Crippen LogP contribution is 2.25. The van der Waals surface area contributed by atoms with Crippen molar-refractivity contribution in [2.24, 2.45) is 0 Å². The number of nitrogens with one attached hydrogen (secondary N) is 2. The first kappa shape index (κ1) is 16.8. The molecular formula is C15H23ClN2O2. The maximum absolute atomic E-state index is 11.3.